The molecule has 0 aromatic rings. The van der Waals surface area contributed by atoms with E-state index in [-0.39, 0.29) is 5.78 Å². The van der Waals surface area contributed by atoms with Crippen LogP contribution < -0.4 is 0 Å². The molecule has 0 aromatic heterocycles. The van der Waals surface area contributed by atoms with Crippen LogP contribution in [0, 0.1) is 16.7 Å². The Labute approximate surface area is 99.5 Å². The summed E-state index contributed by atoms with van der Waals surface area (Å²) in [6, 6.07) is 2.07. The van der Waals surface area contributed by atoms with Gasteiger partial charge in [0, 0.05) is 5.41 Å². The zero-order chi connectivity index (χ0) is 11.5. The Morgan fingerprint density at radius 1 is 1.33 bits per heavy atom. The quantitative estimate of drug-likeness (QED) is 0.522. The van der Waals surface area contributed by atoms with E-state index in [0.717, 1.165) is 22.2 Å². The SMILES string of the molecule is CC(C)(C)C(=O)C(C#N)=C1SCCCS1. The highest BCUT2D eigenvalue weighted by Gasteiger charge is 2.28. The fourth-order valence-electron chi connectivity index (χ4n) is 1.14. The molecule has 1 aliphatic heterocycles. The number of Topliss-reactive ketones (excluding diaryl/α,β-unsaturated/α-hetero) is 1. The number of hydrogen-bond acceptors (Lipinski definition) is 4. The topological polar surface area (TPSA) is 40.9 Å². The molecule has 0 amide bonds. The van der Waals surface area contributed by atoms with Gasteiger partial charge in [-0.15, -0.1) is 23.5 Å². The lowest BCUT2D eigenvalue weighted by molar-refractivity contribution is -0.122. The highest BCUT2D eigenvalue weighted by atomic mass is 32.2. The molecule has 1 rings (SSSR count). The average Bonchev–Trinajstić information content (AvgIpc) is 2.19. The summed E-state index contributed by atoms with van der Waals surface area (Å²) in [5.74, 6) is 2.00. The van der Waals surface area contributed by atoms with Gasteiger partial charge >= 0.3 is 0 Å². The second-order valence-electron chi connectivity index (χ2n) is 4.40. The molecule has 4 heteroatoms. The summed E-state index contributed by atoms with van der Waals surface area (Å²) < 4.78 is 0.920. The minimum atomic E-state index is -0.462. The molecule has 0 aliphatic carbocycles. The predicted octanol–water partition coefficient (Wildman–Crippen LogP) is 3.21. The Morgan fingerprint density at radius 3 is 2.27 bits per heavy atom. The van der Waals surface area contributed by atoms with E-state index in [1.807, 2.05) is 20.8 Å². The van der Waals surface area contributed by atoms with Crippen LogP contribution in [-0.2, 0) is 4.79 Å². The Bertz CT molecular complexity index is 325. The number of rotatable bonds is 1. The lowest BCUT2D eigenvalue weighted by atomic mass is 9.87. The van der Waals surface area contributed by atoms with Gasteiger partial charge in [0.15, 0.2) is 5.78 Å². The van der Waals surface area contributed by atoms with Crippen molar-refractivity contribution in [1.82, 2.24) is 0 Å². The van der Waals surface area contributed by atoms with E-state index in [2.05, 4.69) is 6.07 Å². The second kappa shape index (κ2) is 5.09. The number of nitrogens with zero attached hydrogens (tertiary/aromatic N) is 1. The van der Waals surface area contributed by atoms with Crippen molar-refractivity contribution < 1.29 is 4.79 Å². The lowest BCUT2D eigenvalue weighted by Crippen LogP contribution is -2.22. The van der Waals surface area contributed by atoms with Crippen LogP contribution in [0.15, 0.2) is 9.81 Å². The minimum absolute atomic E-state index is 0.0399. The maximum Gasteiger partial charge on any atom is 0.180 e. The van der Waals surface area contributed by atoms with E-state index in [0.29, 0.717) is 5.57 Å². The molecule has 0 spiro atoms. The molecular formula is C11H15NOS2. The molecule has 1 fully saturated rings. The monoisotopic (exact) mass is 241 g/mol. The third-order valence-corrected chi connectivity index (χ3v) is 4.60. The number of nitriles is 1. The number of hydrogen-bond donors (Lipinski definition) is 0. The maximum atomic E-state index is 12.0. The molecule has 0 radical (unpaired) electrons. The van der Waals surface area contributed by atoms with Gasteiger partial charge in [0.25, 0.3) is 0 Å². The van der Waals surface area contributed by atoms with Gasteiger partial charge in [-0.25, -0.2) is 0 Å². The van der Waals surface area contributed by atoms with Gasteiger partial charge in [0.05, 0.1) is 4.24 Å². The van der Waals surface area contributed by atoms with Crippen molar-refractivity contribution in [3.63, 3.8) is 0 Å². The van der Waals surface area contributed by atoms with Crippen molar-refractivity contribution in [3.8, 4) is 6.07 Å². The maximum absolute atomic E-state index is 12.0. The summed E-state index contributed by atoms with van der Waals surface area (Å²) in [6.45, 7) is 5.56. The van der Waals surface area contributed by atoms with E-state index in [9.17, 15) is 4.79 Å². The predicted molar refractivity (Wildman–Crippen MR) is 66.6 cm³/mol. The summed E-state index contributed by atoms with van der Waals surface area (Å²) in [4.78, 5) is 12.0. The summed E-state index contributed by atoms with van der Waals surface area (Å²) in [5, 5.41) is 9.06. The normalized spacial score (nSPS) is 17.1. The number of carbonyl (C=O) groups excluding carboxylic acids is 1. The molecule has 0 aromatic carbocycles. The van der Waals surface area contributed by atoms with Crippen LogP contribution >= 0.6 is 23.5 Å². The van der Waals surface area contributed by atoms with Crippen molar-refractivity contribution in [2.75, 3.05) is 11.5 Å². The van der Waals surface area contributed by atoms with E-state index < -0.39 is 5.41 Å². The van der Waals surface area contributed by atoms with Gasteiger partial charge in [-0.1, -0.05) is 20.8 Å². The molecular weight excluding hydrogens is 226 g/mol. The Morgan fingerprint density at radius 2 is 1.87 bits per heavy atom. The Balaban J connectivity index is 2.97. The van der Waals surface area contributed by atoms with E-state index >= 15 is 0 Å². The average molecular weight is 241 g/mol. The molecule has 15 heavy (non-hydrogen) atoms. The molecule has 0 bridgehead atoms. The minimum Gasteiger partial charge on any atom is -0.293 e. The molecule has 1 heterocycles. The first-order valence-electron chi connectivity index (χ1n) is 4.91. The summed E-state index contributed by atoms with van der Waals surface area (Å²) in [5.41, 5.74) is -0.103. The summed E-state index contributed by atoms with van der Waals surface area (Å²) in [7, 11) is 0. The van der Waals surface area contributed by atoms with E-state index in [4.69, 9.17) is 5.26 Å². The third kappa shape index (κ3) is 3.29. The van der Waals surface area contributed by atoms with Gasteiger partial charge < -0.3 is 0 Å². The smallest absolute Gasteiger partial charge is 0.180 e. The van der Waals surface area contributed by atoms with Crippen molar-refractivity contribution >= 4 is 29.3 Å². The van der Waals surface area contributed by atoms with Crippen LogP contribution in [0.25, 0.3) is 0 Å². The lowest BCUT2D eigenvalue weighted by Gasteiger charge is -2.19. The van der Waals surface area contributed by atoms with Crippen molar-refractivity contribution in [2.24, 2.45) is 5.41 Å². The number of carbonyl (C=O) groups is 1. The number of allylic oxidation sites excluding steroid dienone is 1. The first kappa shape index (κ1) is 12.7. The molecule has 2 nitrogen and oxygen atoms in total. The van der Waals surface area contributed by atoms with Gasteiger partial charge in [0.2, 0.25) is 0 Å². The largest absolute Gasteiger partial charge is 0.293 e. The van der Waals surface area contributed by atoms with Crippen LogP contribution in [0.3, 0.4) is 0 Å². The zero-order valence-electron chi connectivity index (χ0n) is 9.29. The first-order chi connectivity index (χ1) is 6.96. The Kier molecular flexibility index (Phi) is 4.30. The van der Waals surface area contributed by atoms with Gasteiger partial charge in [0.1, 0.15) is 11.6 Å². The standard InChI is InChI=1S/C11H15NOS2/c1-11(2,3)9(13)8(7-12)10-14-5-4-6-15-10/h4-6H2,1-3H3. The van der Waals surface area contributed by atoms with Crippen molar-refractivity contribution in [2.45, 2.75) is 27.2 Å². The molecule has 0 atom stereocenters. The molecule has 1 saturated heterocycles. The van der Waals surface area contributed by atoms with Crippen LogP contribution in [0.4, 0.5) is 0 Å². The fraction of sp³-hybridized carbons (Fsp3) is 0.636. The highest BCUT2D eigenvalue weighted by molar-refractivity contribution is 8.22. The summed E-state index contributed by atoms with van der Waals surface area (Å²) >= 11 is 3.28. The Hall–Kier alpha value is -0.400. The van der Waals surface area contributed by atoms with E-state index in [1.165, 1.54) is 0 Å². The molecule has 0 unspecified atom stereocenters. The molecule has 1 aliphatic rings. The van der Waals surface area contributed by atoms with Crippen LogP contribution in [-0.4, -0.2) is 17.3 Å². The van der Waals surface area contributed by atoms with Crippen LogP contribution in [0.1, 0.15) is 27.2 Å². The molecule has 82 valence electrons. The molecule has 0 saturated carbocycles. The van der Waals surface area contributed by atoms with Gasteiger partial charge in [-0.05, 0) is 17.9 Å². The van der Waals surface area contributed by atoms with Crippen LogP contribution in [0.5, 0.6) is 0 Å². The first-order valence-corrected chi connectivity index (χ1v) is 6.88. The number of ketones is 1. The van der Waals surface area contributed by atoms with Crippen molar-refractivity contribution in [1.29, 1.82) is 5.26 Å². The van der Waals surface area contributed by atoms with Crippen LogP contribution in [0.2, 0.25) is 0 Å². The zero-order valence-corrected chi connectivity index (χ0v) is 10.9. The van der Waals surface area contributed by atoms with Crippen molar-refractivity contribution in [3.05, 3.63) is 9.81 Å². The highest BCUT2D eigenvalue weighted by Crippen LogP contribution is 2.38. The van der Waals surface area contributed by atoms with Gasteiger partial charge in [-0.2, -0.15) is 5.26 Å². The second-order valence-corrected chi connectivity index (χ2v) is 6.87. The summed E-state index contributed by atoms with van der Waals surface area (Å²) in [6.07, 6.45) is 1.15. The fourth-order valence-corrected chi connectivity index (χ4v) is 3.67. The number of thioether (sulfide) groups is 2. The van der Waals surface area contributed by atoms with Gasteiger partial charge in [-0.3, -0.25) is 4.79 Å². The third-order valence-electron chi connectivity index (χ3n) is 1.98. The van der Waals surface area contributed by atoms with E-state index in [1.54, 1.807) is 23.5 Å². The molecule has 0 N–H and O–H groups in total.